The molecule has 114 valence electrons. The lowest BCUT2D eigenvalue weighted by Gasteiger charge is -2.24. The number of aromatic nitrogens is 1. The minimum atomic E-state index is -0.122. The zero-order chi connectivity index (χ0) is 15.4. The lowest BCUT2D eigenvalue weighted by atomic mass is 10.2. The quantitative estimate of drug-likeness (QED) is 0.943. The number of pyridine rings is 1. The summed E-state index contributed by atoms with van der Waals surface area (Å²) in [5, 5.41) is 2.93. The van der Waals surface area contributed by atoms with Crippen molar-refractivity contribution in [2.45, 2.75) is 5.37 Å². The molecule has 0 saturated carbocycles. The molecule has 0 bridgehead atoms. The molecule has 1 unspecified atom stereocenters. The van der Waals surface area contributed by atoms with E-state index < -0.39 is 0 Å². The summed E-state index contributed by atoms with van der Waals surface area (Å²) in [6.07, 6.45) is 3.55. The van der Waals surface area contributed by atoms with Crippen LogP contribution >= 0.6 is 11.8 Å². The van der Waals surface area contributed by atoms with Crippen LogP contribution in [0.4, 0.5) is 10.5 Å². The van der Waals surface area contributed by atoms with Crippen LogP contribution in [0.25, 0.3) is 0 Å². The number of amides is 2. The summed E-state index contributed by atoms with van der Waals surface area (Å²) >= 11 is 1.75. The number of benzene rings is 1. The first-order valence-electron chi connectivity index (χ1n) is 7.02. The fourth-order valence-corrected chi connectivity index (χ4v) is 3.65. The van der Waals surface area contributed by atoms with Gasteiger partial charge < -0.3 is 15.0 Å². The number of ether oxygens (including phenoxy) is 1. The SMILES string of the molecule is COc1ccccc1NC(=O)N1CCSC1c1cccnc1. The fourth-order valence-electron chi connectivity index (χ4n) is 2.41. The van der Waals surface area contributed by atoms with Crippen molar-refractivity contribution in [1.82, 2.24) is 9.88 Å². The lowest BCUT2D eigenvalue weighted by Crippen LogP contribution is -2.34. The maximum Gasteiger partial charge on any atom is 0.323 e. The highest BCUT2D eigenvalue weighted by atomic mass is 32.2. The predicted octanol–water partition coefficient (Wildman–Crippen LogP) is 3.37. The Balaban J connectivity index is 1.77. The second-order valence-electron chi connectivity index (χ2n) is 4.83. The topological polar surface area (TPSA) is 54.5 Å². The molecule has 22 heavy (non-hydrogen) atoms. The fraction of sp³-hybridized carbons (Fsp3) is 0.250. The van der Waals surface area contributed by atoms with Crippen LogP contribution in [0, 0.1) is 0 Å². The van der Waals surface area contributed by atoms with Gasteiger partial charge in [0.25, 0.3) is 0 Å². The number of nitrogens with one attached hydrogen (secondary N) is 1. The molecular formula is C16H17N3O2S. The molecular weight excluding hydrogens is 298 g/mol. The van der Waals surface area contributed by atoms with E-state index in [1.807, 2.05) is 47.5 Å². The van der Waals surface area contributed by atoms with Crippen LogP contribution in [-0.4, -0.2) is 35.3 Å². The first kappa shape index (κ1) is 14.7. The van der Waals surface area contributed by atoms with Gasteiger partial charge in [-0.15, -0.1) is 11.8 Å². The van der Waals surface area contributed by atoms with Crippen molar-refractivity contribution in [2.24, 2.45) is 0 Å². The Bertz CT molecular complexity index is 651. The van der Waals surface area contributed by atoms with Crippen LogP contribution < -0.4 is 10.1 Å². The Morgan fingerprint density at radius 3 is 3.00 bits per heavy atom. The van der Waals surface area contributed by atoms with Gasteiger partial charge in [0.05, 0.1) is 12.8 Å². The summed E-state index contributed by atoms with van der Waals surface area (Å²) < 4.78 is 5.27. The van der Waals surface area contributed by atoms with Crippen molar-refractivity contribution < 1.29 is 9.53 Å². The maximum atomic E-state index is 12.6. The second kappa shape index (κ2) is 6.70. The smallest absolute Gasteiger partial charge is 0.323 e. The Kier molecular flexibility index (Phi) is 4.48. The van der Waals surface area contributed by atoms with Crippen molar-refractivity contribution in [1.29, 1.82) is 0 Å². The number of nitrogens with zero attached hydrogens (tertiary/aromatic N) is 2. The van der Waals surface area contributed by atoms with E-state index in [9.17, 15) is 4.79 Å². The summed E-state index contributed by atoms with van der Waals surface area (Å²) in [4.78, 5) is 18.6. The van der Waals surface area contributed by atoms with Crippen LogP contribution in [0.5, 0.6) is 5.75 Å². The molecule has 1 fully saturated rings. The molecule has 0 radical (unpaired) electrons. The van der Waals surface area contributed by atoms with Gasteiger partial charge in [0, 0.05) is 30.3 Å². The van der Waals surface area contributed by atoms with E-state index in [1.165, 1.54) is 0 Å². The summed E-state index contributed by atoms with van der Waals surface area (Å²) in [7, 11) is 1.59. The number of urea groups is 1. The van der Waals surface area contributed by atoms with E-state index in [2.05, 4.69) is 10.3 Å². The van der Waals surface area contributed by atoms with Crippen molar-refractivity contribution in [2.75, 3.05) is 24.7 Å². The molecule has 1 aliphatic heterocycles. The van der Waals surface area contributed by atoms with E-state index >= 15 is 0 Å². The van der Waals surface area contributed by atoms with Gasteiger partial charge in [-0.3, -0.25) is 4.98 Å². The molecule has 0 spiro atoms. The standard InChI is InChI=1S/C16H17N3O2S/c1-21-14-7-3-2-6-13(14)18-16(20)19-9-10-22-15(19)12-5-4-8-17-11-12/h2-8,11,15H,9-10H2,1H3,(H,18,20). The van der Waals surface area contributed by atoms with Gasteiger partial charge in [0.15, 0.2) is 0 Å². The van der Waals surface area contributed by atoms with E-state index in [1.54, 1.807) is 25.1 Å². The zero-order valence-corrected chi connectivity index (χ0v) is 13.0. The van der Waals surface area contributed by atoms with Crippen LogP contribution in [0.2, 0.25) is 0 Å². The number of hydrogen-bond donors (Lipinski definition) is 1. The highest BCUT2D eigenvalue weighted by Gasteiger charge is 2.31. The van der Waals surface area contributed by atoms with Crippen LogP contribution in [0.15, 0.2) is 48.8 Å². The molecule has 2 aromatic rings. The first-order valence-corrected chi connectivity index (χ1v) is 8.06. The minimum Gasteiger partial charge on any atom is -0.495 e. The Labute approximate surface area is 133 Å². The molecule has 0 aliphatic carbocycles. The number of hydrogen-bond acceptors (Lipinski definition) is 4. The average molecular weight is 315 g/mol. The number of para-hydroxylation sites is 2. The summed E-state index contributed by atoms with van der Waals surface area (Å²) in [5.41, 5.74) is 1.72. The zero-order valence-electron chi connectivity index (χ0n) is 12.2. The van der Waals surface area contributed by atoms with Crippen LogP contribution in [0.1, 0.15) is 10.9 Å². The van der Waals surface area contributed by atoms with Crippen LogP contribution in [0.3, 0.4) is 0 Å². The molecule has 2 heterocycles. The average Bonchev–Trinajstić information content (AvgIpc) is 3.06. The van der Waals surface area contributed by atoms with Crippen LogP contribution in [-0.2, 0) is 0 Å². The third-order valence-electron chi connectivity index (χ3n) is 3.47. The van der Waals surface area contributed by atoms with Crippen molar-refractivity contribution in [3.05, 3.63) is 54.4 Å². The van der Waals surface area contributed by atoms with Gasteiger partial charge in [-0.25, -0.2) is 4.79 Å². The van der Waals surface area contributed by atoms with E-state index in [-0.39, 0.29) is 11.4 Å². The van der Waals surface area contributed by atoms with Crippen molar-refractivity contribution in [3.63, 3.8) is 0 Å². The second-order valence-corrected chi connectivity index (χ2v) is 6.02. The molecule has 5 nitrogen and oxygen atoms in total. The Morgan fingerprint density at radius 2 is 2.23 bits per heavy atom. The molecule has 1 aromatic carbocycles. The molecule has 1 atom stereocenters. The van der Waals surface area contributed by atoms with E-state index in [0.29, 0.717) is 18.0 Å². The Hall–Kier alpha value is -2.21. The van der Waals surface area contributed by atoms with E-state index in [0.717, 1.165) is 11.3 Å². The van der Waals surface area contributed by atoms with E-state index in [4.69, 9.17) is 4.74 Å². The molecule has 1 aliphatic rings. The first-order chi connectivity index (χ1) is 10.8. The number of carbonyl (C=O) groups excluding carboxylic acids is 1. The summed E-state index contributed by atoms with van der Waals surface area (Å²) in [5.74, 6) is 1.57. The third kappa shape index (κ3) is 3.01. The normalized spacial score (nSPS) is 17.3. The number of carbonyl (C=O) groups is 1. The van der Waals surface area contributed by atoms with Gasteiger partial charge in [0.2, 0.25) is 0 Å². The summed E-state index contributed by atoms with van der Waals surface area (Å²) in [6.45, 7) is 0.714. The molecule has 3 rings (SSSR count). The molecule has 1 aromatic heterocycles. The number of anilines is 1. The monoisotopic (exact) mass is 315 g/mol. The van der Waals surface area contributed by atoms with Crippen molar-refractivity contribution in [3.8, 4) is 5.75 Å². The minimum absolute atomic E-state index is 0.00315. The maximum absolute atomic E-state index is 12.6. The number of rotatable bonds is 3. The van der Waals surface area contributed by atoms with Gasteiger partial charge in [-0.05, 0) is 18.2 Å². The molecule has 2 amide bonds. The number of methoxy groups -OCH3 is 1. The molecule has 1 N–H and O–H groups in total. The predicted molar refractivity (Wildman–Crippen MR) is 88.2 cm³/mol. The molecule has 6 heteroatoms. The third-order valence-corrected chi connectivity index (χ3v) is 4.73. The number of thioether (sulfide) groups is 1. The largest absolute Gasteiger partial charge is 0.495 e. The van der Waals surface area contributed by atoms with Gasteiger partial charge in [-0.2, -0.15) is 0 Å². The van der Waals surface area contributed by atoms with Gasteiger partial charge in [0.1, 0.15) is 11.1 Å². The summed E-state index contributed by atoms with van der Waals surface area (Å²) in [6, 6.07) is 11.2. The van der Waals surface area contributed by atoms with Gasteiger partial charge >= 0.3 is 6.03 Å². The lowest BCUT2D eigenvalue weighted by molar-refractivity contribution is 0.214. The highest BCUT2D eigenvalue weighted by Crippen LogP contribution is 2.38. The Morgan fingerprint density at radius 1 is 1.36 bits per heavy atom. The highest BCUT2D eigenvalue weighted by molar-refractivity contribution is 7.99. The van der Waals surface area contributed by atoms with Gasteiger partial charge in [-0.1, -0.05) is 18.2 Å². The van der Waals surface area contributed by atoms with Crippen molar-refractivity contribution >= 4 is 23.5 Å². The molecule has 1 saturated heterocycles.